The van der Waals surface area contributed by atoms with Gasteiger partial charge in [-0.1, -0.05) is 24.3 Å². The first kappa shape index (κ1) is 14.3. The summed E-state index contributed by atoms with van der Waals surface area (Å²) in [6.07, 6.45) is 0. The molecule has 0 bridgehead atoms. The predicted molar refractivity (Wildman–Crippen MR) is 84.3 cm³/mol. The molecule has 114 valence electrons. The first-order chi connectivity index (χ1) is 10.7. The molecule has 0 radical (unpaired) electrons. The zero-order valence-corrected chi connectivity index (χ0v) is 12.1. The molecule has 0 atom stereocenters. The molecule has 5 heteroatoms. The molecule has 0 unspecified atom stereocenters. The van der Waals surface area contributed by atoms with Gasteiger partial charge < -0.3 is 20.0 Å². The van der Waals surface area contributed by atoms with Crippen molar-refractivity contribution in [3.05, 3.63) is 54.1 Å². The first-order valence-electron chi connectivity index (χ1n) is 7.27. The van der Waals surface area contributed by atoms with Crippen LogP contribution >= 0.6 is 0 Å². The van der Waals surface area contributed by atoms with Gasteiger partial charge in [0, 0.05) is 26.2 Å². The second-order valence-electron chi connectivity index (χ2n) is 5.29. The number of carbonyl (C=O) groups excluding carboxylic acids is 1. The normalized spacial score (nSPS) is 14.9. The molecule has 1 heterocycles. The molecular formula is C17H18N2O3. The molecule has 1 saturated heterocycles. The third kappa shape index (κ3) is 2.70. The van der Waals surface area contributed by atoms with Crippen LogP contribution in [-0.2, 0) is 0 Å². The molecule has 0 aliphatic carbocycles. The fourth-order valence-corrected chi connectivity index (χ4v) is 2.71. The molecule has 0 spiro atoms. The summed E-state index contributed by atoms with van der Waals surface area (Å²) in [4.78, 5) is 16.2. The van der Waals surface area contributed by atoms with E-state index in [1.54, 1.807) is 35.2 Å². The van der Waals surface area contributed by atoms with E-state index in [0.29, 0.717) is 31.7 Å². The van der Waals surface area contributed by atoms with Crippen molar-refractivity contribution in [2.75, 3.05) is 31.1 Å². The molecule has 3 rings (SSSR count). The smallest absolute Gasteiger partial charge is 0.257 e. The minimum Gasteiger partial charge on any atom is -0.507 e. The number of hydrogen-bond acceptors (Lipinski definition) is 4. The maximum absolute atomic E-state index is 12.4. The lowest BCUT2D eigenvalue weighted by Crippen LogP contribution is -2.48. The van der Waals surface area contributed by atoms with Crippen molar-refractivity contribution < 1.29 is 15.0 Å². The highest BCUT2D eigenvalue weighted by Crippen LogP contribution is 2.27. The van der Waals surface area contributed by atoms with Gasteiger partial charge in [0.05, 0.1) is 11.3 Å². The third-order valence-corrected chi connectivity index (χ3v) is 3.92. The Morgan fingerprint density at radius 3 is 2.05 bits per heavy atom. The second-order valence-corrected chi connectivity index (χ2v) is 5.29. The maximum atomic E-state index is 12.4. The molecule has 1 aliphatic heterocycles. The minimum absolute atomic E-state index is 0.00985. The Kier molecular flexibility index (Phi) is 3.87. The van der Waals surface area contributed by atoms with Gasteiger partial charge in [-0.2, -0.15) is 0 Å². The van der Waals surface area contributed by atoms with Gasteiger partial charge in [0.15, 0.2) is 0 Å². The van der Waals surface area contributed by atoms with E-state index in [0.717, 1.165) is 5.69 Å². The van der Waals surface area contributed by atoms with Gasteiger partial charge in [-0.05, 0) is 24.3 Å². The lowest BCUT2D eigenvalue weighted by atomic mass is 10.1. The van der Waals surface area contributed by atoms with Crippen LogP contribution in [0.4, 0.5) is 5.69 Å². The summed E-state index contributed by atoms with van der Waals surface area (Å²) < 4.78 is 0. The number of phenolic OH excluding ortho intramolecular Hbond substituents is 2. The highest BCUT2D eigenvalue weighted by Gasteiger charge is 2.24. The molecule has 2 aromatic carbocycles. The van der Waals surface area contributed by atoms with E-state index in [2.05, 4.69) is 4.90 Å². The summed E-state index contributed by atoms with van der Waals surface area (Å²) in [5.74, 6) is 0.105. The van der Waals surface area contributed by atoms with E-state index < -0.39 is 0 Å². The summed E-state index contributed by atoms with van der Waals surface area (Å²) in [6.45, 7) is 2.41. The number of piperazine rings is 1. The van der Waals surface area contributed by atoms with Crippen LogP contribution in [0.1, 0.15) is 10.4 Å². The Morgan fingerprint density at radius 1 is 0.818 bits per heavy atom. The minimum atomic E-state index is -0.157. The molecule has 1 amide bonds. The largest absolute Gasteiger partial charge is 0.507 e. The van der Waals surface area contributed by atoms with E-state index in [9.17, 15) is 15.0 Å². The Bertz CT molecular complexity index is 679. The Hall–Kier alpha value is -2.69. The number of hydrogen-bond donors (Lipinski definition) is 2. The summed E-state index contributed by atoms with van der Waals surface area (Å²) in [6, 6.07) is 13.8. The summed E-state index contributed by atoms with van der Waals surface area (Å²) >= 11 is 0. The molecule has 22 heavy (non-hydrogen) atoms. The number of amides is 1. The summed E-state index contributed by atoms with van der Waals surface area (Å²) in [5.41, 5.74) is 1.12. The van der Waals surface area contributed by atoms with Crippen LogP contribution in [0.3, 0.4) is 0 Å². The monoisotopic (exact) mass is 298 g/mol. The van der Waals surface area contributed by atoms with E-state index in [1.165, 1.54) is 6.07 Å². The van der Waals surface area contributed by atoms with Crippen LogP contribution in [0.5, 0.6) is 11.5 Å². The van der Waals surface area contributed by atoms with Crippen molar-refractivity contribution in [2.24, 2.45) is 0 Å². The van der Waals surface area contributed by atoms with Crippen LogP contribution < -0.4 is 4.90 Å². The first-order valence-corrected chi connectivity index (χ1v) is 7.27. The number of benzene rings is 2. The maximum Gasteiger partial charge on any atom is 0.257 e. The lowest BCUT2D eigenvalue weighted by molar-refractivity contribution is 0.0743. The fraction of sp³-hybridized carbons (Fsp3) is 0.235. The molecular weight excluding hydrogens is 280 g/mol. The topological polar surface area (TPSA) is 64.0 Å². The molecule has 2 N–H and O–H groups in total. The van der Waals surface area contributed by atoms with Crippen molar-refractivity contribution in [1.82, 2.24) is 4.90 Å². The van der Waals surface area contributed by atoms with Gasteiger partial charge >= 0.3 is 0 Å². The number of phenols is 2. The fourth-order valence-electron chi connectivity index (χ4n) is 2.71. The van der Waals surface area contributed by atoms with E-state index in [4.69, 9.17) is 0 Å². The predicted octanol–water partition coefficient (Wildman–Crippen LogP) is 2.06. The number of rotatable bonds is 2. The average molecular weight is 298 g/mol. The van der Waals surface area contributed by atoms with Gasteiger partial charge in [-0.3, -0.25) is 4.79 Å². The molecule has 0 saturated carbocycles. The van der Waals surface area contributed by atoms with Crippen LogP contribution in [-0.4, -0.2) is 47.2 Å². The van der Waals surface area contributed by atoms with Crippen LogP contribution in [0.2, 0.25) is 0 Å². The van der Waals surface area contributed by atoms with Crippen LogP contribution in [0.15, 0.2) is 48.5 Å². The number of para-hydroxylation sites is 3. The van der Waals surface area contributed by atoms with Crippen molar-refractivity contribution in [3.63, 3.8) is 0 Å². The number of aromatic hydroxyl groups is 2. The summed E-state index contributed by atoms with van der Waals surface area (Å²) in [7, 11) is 0. The molecule has 0 aromatic heterocycles. The molecule has 1 fully saturated rings. The van der Waals surface area contributed by atoms with Gasteiger partial charge in [-0.15, -0.1) is 0 Å². The molecule has 1 aliphatic rings. The summed E-state index contributed by atoms with van der Waals surface area (Å²) in [5, 5.41) is 19.7. The zero-order valence-electron chi connectivity index (χ0n) is 12.1. The molecule has 5 nitrogen and oxygen atoms in total. The van der Waals surface area contributed by atoms with Crippen LogP contribution in [0.25, 0.3) is 0 Å². The van der Waals surface area contributed by atoms with E-state index >= 15 is 0 Å². The quantitative estimate of drug-likeness (QED) is 0.891. The van der Waals surface area contributed by atoms with Crippen LogP contribution in [0, 0.1) is 0 Å². The number of anilines is 1. The standard InChI is InChI=1S/C17H18N2O3/c20-15-7-3-1-5-13(15)17(22)19-11-9-18(10-12-19)14-6-2-4-8-16(14)21/h1-8,20-21H,9-12H2. The zero-order chi connectivity index (χ0) is 15.5. The van der Waals surface area contributed by atoms with Gasteiger partial charge in [0.25, 0.3) is 5.91 Å². The van der Waals surface area contributed by atoms with Gasteiger partial charge in [0.2, 0.25) is 0 Å². The SMILES string of the molecule is O=C(c1ccccc1O)N1CCN(c2ccccc2O)CC1. The Labute approximate surface area is 129 Å². The van der Waals surface area contributed by atoms with E-state index in [1.807, 2.05) is 12.1 Å². The molecule has 2 aromatic rings. The van der Waals surface area contributed by atoms with Gasteiger partial charge in [-0.25, -0.2) is 0 Å². The Morgan fingerprint density at radius 2 is 1.41 bits per heavy atom. The highest BCUT2D eigenvalue weighted by molar-refractivity contribution is 5.96. The van der Waals surface area contributed by atoms with Crippen molar-refractivity contribution >= 4 is 11.6 Å². The second kappa shape index (κ2) is 5.97. The van der Waals surface area contributed by atoms with Gasteiger partial charge in [0.1, 0.15) is 11.5 Å². The number of carbonyl (C=O) groups is 1. The van der Waals surface area contributed by atoms with Crippen molar-refractivity contribution in [3.8, 4) is 11.5 Å². The Balaban J connectivity index is 1.68. The average Bonchev–Trinajstić information content (AvgIpc) is 2.55. The van der Waals surface area contributed by atoms with Crippen molar-refractivity contribution in [1.29, 1.82) is 0 Å². The lowest BCUT2D eigenvalue weighted by Gasteiger charge is -2.36. The highest BCUT2D eigenvalue weighted by atomic mass is 16.3. The van der Waals surface area contributed by atoms with E-state index in [-0.39, 0.29) is 17.4 Å². The van der Waals surface area contributed by atoms with Crippen molar-refractivity contribution in [2.45, 2.75) is 0 Å². The third-order valence-electron chi connectivity index (χ3n) is 3.92. The number of nitrogens with zero attached hydrogens (tertiary/aromatic N) is 2.